The standard InChI is InChI=1S/C6H16NO2P/c1-6(2,3)5-9-10(4,7)8/h5H2,1-4H3,(H2,7,8). The van der Waals surface area contributed by atoms with E-state index in [0.29, 0.717) is 6.61 Å². The summed E-state index contributed by atoms with van der Waals surface area (Å²) in [7, 11) is -2.76. The second kappa shape index (κ2) is 3.04. The molecule has 0 rings (SSSR count). The first-order chi connectivity index (χ1) is 4.21. The van der Waals surface area contributed by atoms with E-state index in [4.69, 9.17) is 10.0 Å². The third-order valence-corrected chi connectivity index (χ3v) is 1.40. The number of hydrogen-bond donors (Lipinski definition) is 1. The van der Waals surface area contributed by atoms with Crippen molar-refractivity contribution in [3.05, 3.63) is 0 Å². The summed E-state index contributed by atoms with van der Waals surface area (Å²) in [6.07, 6.45) is 0. The number of nitrogens with two attached hydrogens (primary N) is 1. The fourth-order valence-electron chi connectivity index (χ4n) is 0.322. The molecule has 62 valence electrons. The maximum Gasteiger partial charge on any atom is 0.264 e. The summed E-state index contributed by atoms with van der Waals surface area (Å²) in [6.45, 7) is 7.87. The smallest absolute Gasteiger partial charge is 0.264 e. The van der Waals surface area contributed by atoms with Crippen LogP contribution < -0.4 is 5.50 Å². The van der Waals surface area contributed by atoms with E-state index in [-0.39, 0.29) is 5.41 Å². The van der Waals surface area contributed by atoms with E-state index in [1.54, 1.807) is 0 Å². The molecule has 0 spiro atoms. The van der Waals surface area contributed by atoms with Gasteiger partial charge in [-0.05, 0) is 5.41 Å². The highest BCUT2D eigenvalue weighted by atomic mass is 31.2. The number of rotatable bonds is 2. The average molecular weight is 165 g/mol. The van der Waals surface area contributed by atoms with Gasteiger partial charge in [0, 0.05) is 6.66 Å². The van der Waals surface area contributed by atoms with Crippen molar-refractivity contribution in [2.75, 3.05) is 13.3 Å². The minimum atomic E-state index is -2.76. The summed E-state index contributed by atoms with van der Waals surface area (Å²) >= 11 is 0. The predicted molar refractivity (Wildman–Crippen MR) is 43.1 cm³/mol. The summed E-state index contributed by atoms with van der Waals surface area (Å²) in [5.74, 6) is 0. The Morgan fingerprint density at radius 1 is 1.50 bits per heavy atom. The van der Waals surface area contributed by atoms with E-state index < -0.39 is 7.52 Å². The highest BCUT2D eigenvalue weighted by Crippen LogP contribution is 2.34. The zero-order valence-corrected chi connectivity index (χ0v) is 7.94. The molecule has 3 nitrogen and oxygen atoms in total. The average Bonchev–Trinajstić information content (AvgIpc) is 1.57. The van der Waals surface area contributed by atoms with E-state index in [9.17, 15) is 4.57 Å². The summed E-state index contributed by atoms with van der Waals surface area (Å²) in [5, 5.41) is 0. The van der Waals surface area contributed by atoms with Crippen molar-refractivity contribution in [3.8, 4) is 0 Å². The first-order valence-corrected chi connectivity index (χ1v) is 5.35. The van der Waals surface area contributed by atoms with Crippen LogP contribution in [0.3, 0.4) is 0 Å². The lowest BCUT2D eigenvalue weighted by Gasteiger charge is -2.19. The summed E-state index contributed by atoms with van der Waals surface area (Å²) in [6, 6.07) is 0. The lowest BCUT2D eigenvalue weighted by molar-refractivity contribution is 0.201. The normalized spacial score (nSPS) is 18.5. The van der Waals surface area contributed by atoms with Gasteiger partial charge in [-0.15, -0.1) is 0 Å². The van der Waals surface area contributed by atoms with Gasteiger partial charge < -0.3 is 4.52 Å². The minimum absolute atomic E-state index is 0.0328. The Labute approximate surface area is 62.4 Å². The second-order valence-corrected chi connectivity index (χ2v) is 5.82. The van der Waals surface area contributed by atoms with Crippen molar-refractivity contribution in [1.29, 1.82) is 0 Å². The molecular formula is C6H16NO2P. The molecule has 0 aliphatic heterocycles. The Morgan fingerprint density at radius 2 is 1.90 bits per heavy atom. The van der Waals surface area contributed by atoms with Crippen molar-refractivity contribution in [3.63, 3.8) is 0 Å². The molecular weight excluding hydrogens is 149 g/mol. The Morgan fingerprint density at radius 3 is 2.00 bits per heavy atom. The monoisotopic (exact) mass is 165 g/mol. The van der Waals surface area contributed by atoms with Gasteiger partial charge in [0.05, 0.1) is 6.61 Å². The third kappa shape index (κ3) is 8.15. The Bertz CT molecular complexity index is 144. The molecule has 0 bridgehead atoms. The van der Waals surface area contributed by atoms with Crippen LogP contribution in [0, 0.1) is 5.41 Å². The molecule has 0 fully saturated rings. The molecule has 0 saturated carbocycles. The highest BCUT2D eigenvalue weighted by Gasteiger charge is 2.15. The molecule has 0 heterocycles. The Balaban J connectivity index is 3.67. The quantitative estimate of drug-likeness (QED) is 0.635. The van der Waals surface area contributed by atoms with E-state index >= 15 is 0 Å². The first-order valence-electron chi connectivity index (χ1n) is 3.21. The third-order valence-electron chi connectivity index (χ3n) is 0.754. The zero-order valence-electron chi connectivity index (χ0n) is 7.05. The molecule has 1 atom stereocenters. The van der Waals surface area contributed by atoms with Crippen LogP contribution in [0.2, 0.25) is 0 Å². The van der Waals surface area contributed by atoms with Crippen molar-refractivity contribution in [1.82, 2.24) is 0 Å². The van der Waals surface area contributed by atoms with E-state index in [1.807, 2.05) is 20.8 Å². The van der Waals surface area contributed by atoms with Crippen LogP contribution in [-0.2, 0) is 9.09 Å². The molecule has 0 aromatic rings. The number of hydrogen-bond acceptors (Lipinski definition) is 2. The Hall–Kier alpha value is 0.150. The fourth-order valence-corrected chi connectivity index (χ4v) is 0.965. The molecule has 0 saturated heterocycles. The summed E-state index contributed by atoms with van der Waals surface area (Å²) < 4.78 is 15.7. The van der Waals surface area contributed by atoms with Gasteiger partial charge in [-0.25, -0.2) is 0 Å². The van der Waals surface area contributed by atoms with Crippen LogP contribution >= 0.6 is 7.52 Å². The van der Waals surface area contributed by atoms with Crippen LogP contribution in [0.25, 0.3) is 0 Å². The van der Waals surface area contributed by atoms with Gasteiger partial charge in [0.15, 0.2) is 0 Å². The lowest BCUT2D eigenvalue weighted by Crippen LogP contribution is -2.14. The summed E-state index contributed by atoms with van der Waals surface area (Å²) in [4.78, 5) is 0. The van der Waals surface area contributed by atoms with Gasteiger partial charge in [0.1, 0.15) is 0 Å². The molecule has 1 unspecified atom stereocenters. The van der Waals surface area contributed by atoms with Gasteiger partial charge in [-0.2, -0.15) is 0 Å². The SMILES string of the molecule is CC(C)(C)COP(C)(N)=O. The van der Waals surface area contributed by atoms with Crippen LogP contribution in [0.15, 0.2) is 0 Å². The molecule has 4 heteroatoms. The molecule has 0 aliphatic rings. The Kier molecular flexibility index (Phi) is 3.08. The fraction of sp³-hybridized carbons (Fsp3) is 1.00. The molecule has 0 radical (unpaired) electrons. The lowest BCUT2D eigenvalue weighted by atomic mass is 9.99. The molecule has 2 N–H and O–H groups in total. The maximum absolute atomic E-state index is 10.8. The molecule has 0 aliphatic carbocycles. The van der Waals surface area contributed by atoms with Crippen molar-refractivity contribution in [2.45, 2.75) is 20.8 Å². The summed E-state index contributed by atoms with van der Waals surface area (Å²) in [5.41, 5.74) is 5.21. The van der Waals surface area contributed by atoms with Crippen molar-refractivity contribution < 1.29 is 9.09 Å². The van der Waals surface area contributed by atoms with Crippen LogP contribution in [0.5, 0.6) is 0 Å². The highest BCUT2D eigenvalue weighted by molar-refractivity contribution is 7.55. The van der Waals surface area contributed by atoms with Gasteiger partial charge >= 0.3 is 0 Å². The second-order valence-electron chi connectivity index (χ2n) is 3.74. The van der Waals surface area contributed by atoms with E-state index in [0.717, 1.165) is 0 Å². The van der Waals surface area contributed by atoms with Crippen LogP contribution in [0.1, 0.15) is 20.8 Å². The topological polar surface area (TPSA) is 52.3 Å². The van der Waals surface area contributed by atoms with Crippen LogP contribution in [-0.4, -0.2) is 13.3 Å². The van der Waals surface area contributed by atoms with Crippen molar-refractivity contribution >= 4 is 7.52 Å². The maximum atomic E-state index is 10.8. The van der Waals surface area contributed by atoms with Crippen LogP contribution in [0.4, 0.5) is 0 Å². The first kappa shape index (κ1) is 10.2. The largest absolute Gasteiger partial charge is 0.317 e. The van der Waals surface area contributed by atoms with E-state index in [2.05, 4.69) is 0 Å². The zero-order chi connectivity index (χ0) is 8.41. The molecule has 10 heavy (non-hydrogen) atoms. The van der Waals surface area contributed by atoms with Gasteiger partial charge in [-0.1, -0.05) is 20.8 Å². The van der Waals surface area contributed by atoms with Gasteiger partial charge in [0.25, 0.3) is 7.52 Å². The van der Waals surface area contributed by atoms with Crippen molar-refractivity contribution in [2.24, 2.45) is 10.9 Å². The van der Waals surface area contributed by atoms with Gasteiger partial charge in [0.2, 0.25) is 0 Å². The predicted octanol–water partition coefficient (Wildman–Crippen LogP) is 1.83. The van der Waals surface area contributed by atoms with E-state index in [1.165, 1.54) is 6.66 Å². The molecule has 0 aromatic heterocycles. The van der Waals surface area contributed by atoms with Gasteiger partial charge in [-0.3, -0.25) is 10.1 Å². The molecule has 0 amide bonds. The molecule has 0 aromatic carbocycles. The minimum Gasteiger partial charge on any atom is -0.317 e.